The Morgan fingerprint density at radius 3 is 2.82 bits per heavy atom. The summed E-state index contributed by atoms with van der Waals surface area (Å²) in [4.78, 5) is 14.9. The van der Waals surface area contributed by atoms with E-state index in [1.165, 1.54) is 11.8 Å². The number of carboxylic acids is 1. The Bertz CT molecular complexity index is 382. The molecule has 1 unspecified atom stereocenters. The van der Waals surface area contributed by atoms with Crippen LogP contribution in [0.3, 0.4) is 0 Å². The van der Waals surface area contributed by atoms with Crippen molar-refractivity contribution in [2.75, 3.05) is 5.75 Å². The summed E-state index contributed by atoms with van der Waals surface area (Å²) in [5, 5.41) is 9.55. The number of carboxylic acid groups (broad SMARTS) is 1. The van der Waals surface area contributed by atoms with Gasteiger partial charge in [-0.1, -0.05) is 6.92 Å². The molecule has 1 heterocycles. The van der Waals surface area contributed by atoms with Crippen molar-refractivity contribution in [3.05, 3.63) is 18.3 Å². The van der Waals surface area contributed by atoms with Crippen molar-refractivity contribution in [2.45, 2.75) is 31.9 Å². The molecule has 0 aromatic carbocycles. The van der Waals surface area contributed by atoms with E-state index < -0.39 is 11.9 Å². The smallest absolute Gasteiger partial charge is 0.307 e. The molecule has 1 aromatic heterocycles. The molecule has 17 heavy (non-hydrogen) atoms. The van der Waals surface area contributed by atoms with Crippen LogP contribution < -0.4 is 4.74 Å². The Balaban J connectivity index is 2.66. The Morgan fingerprint density at radius 1 is 1.53 bits per heavy atom. The molecule has 4 nitrogen and oxygen atoms in total. The first-order chi connectivity index (χ1) is 8.00. The van der Waals surface area contributed by atoms with Gasteiger partial charge >= 0.3 is 5.97 Å². The van der Waals surface area contributed by atoms with Crippen LogP contribution in [0.2, 0.25) is 0 Å². The first-order valence-corrected chi connectivity index (χ1v) is 6.46. The van der Waals surface area contributed by atoms with Crippen molar-refractivity contribution in [3.8, 4) is 5.75 Å². The number of aliphatic carboxylic acids is 1. The van der Waals surface area contributed by atoms with Crippen LogP contribution in [-0.4, -0.2) is 27.9 Å². The van der Waals surface area contributed by atoms with E-state index in [0.717, 1.165) is 5.03 Å². The monoisotopic (exact) mass is 255 g/mol. The average Bonchev–Trinajstić information content (AvgIpc) is 2.26. The predicted octanol–water partition coefficient (Wildman–Crippen LogP) is 2.68. The number of hydrogen-bond donors (Lipinski definition) is 1. The summed E-state index contributed by atoms with van der Waals surface area (Å²) in [5.74, 6) is 0.0135. The quantitative estimate of drug-likeness (QED) is 0.792. The molecular weight excluding hydrogens is 238 g/mol. The summed E-state index contributed by atoms with van der Waals surface area (Å²) in [5.41, 5.74) is 0. The van der Waals surface area contributed by atoms with Crippen molar-refractivity contribution < 1.29 is 14.6 Å². The minimum Gasteiger partial charge on any atom is -0.488 e. The molecular formula is C12H17NO3S. The van der Waals surface area contributed by atoms with Crippen molar-refractivity contribution in [1.29, 1.82) is 0 Å². The third kappa shape index (κ3) is 4.65. The molecule has 5 heteroatoms. The second-order valence-electron chi connectivity index (χ2n) is 4.02. The number of pyridine rings is 1. The largest absolute Gasteiger partial charge is 0.488 e. The fourth-order valence-electron chi connectivity index (χ4n) is 1.10. The van der Waals surface area contributed by atoms with Crippen LogP contribution in [0, 0.1) is 5.92 Å². The molecule has 0 amide bonds. The highest BCUT2D eigenvalue weighted by molar-refractivity contribution is 7.99. The Kier molecular flexibility index (Phi) is 5.28. The van der Waals surface area contributed by atoms with Crippen molar-refractivity contribution >= 4 is 17.7 Å². The van der Waals surface area contributed by atoms with Gasteiger partial charge in [-0.15, -0.1) is 11.8 Å². The van der Waals surface area contributed by atoms with Gasteiger partial charge in [0.2, 0.25) is 0 Å². The molecule has 0 saturated heterocycles. The maximum Gasteiger partial charge on any atom is 0.307 e. The van der Waals surface area contributed by atoms with Gasteiger partial charge in [-0.3, -0.25) is 4.79 Å². The normalized spacial score (nSPS) is 12.5. The number of rotatable bonds is 6. The van der Waals surface area contributed by atoms with Crippen LogP contribution in [0.15, 0.2) is 23.4 Å². The highest BCUT2D eigenvalue weighted by Crippen LogP contribution is 2.28. The van der Waals surface area contributed by atoms with Crippen LogP contribution in [-0.2, 0) is 4.79 Å². The molecule has 0 radical (unpaired) electrons. The Morgan fingerprint density at radius 2 is 2.24 bits per heavy atom. The maximum absolute atomic E-state index is 10.7. The zero-order valence-electron chi connectivity index (χ0n) is 10.2. The van der Waals surface area contributed by atoms with Crippen molar-refractivity contribution in [1.82, 2.24) is 4.98 Å². The fourth-order valence-corrected chi connectivity index (χ4v) is 2.05. The van der Waals surface area contributed by atoms with Crippen LogP contribution in [0.25, 0.3) is 0 Å². The third-order valence-corrected chi connectivity index (χ3v) is 3.24. The summed E-state index contributed by atoms with van der Waals surface area (Å²) in [6, 6.07) is 3.66. The summed E-state index contributed by atoms with van der Waals surface area (Å²) >= 11 is 1.41. The third-order valence-electron chi connectivity index (χ3n) is 1.99. The molecule has 0 aliphatic carbocycles. The molecule has 0 spiro atoms. The molecule has 0 aliphatic rings. The second-order valence-corrected chi connectivity index (χ2v) is 5.03. The Labute approximate surface area is 105 Å². The molecule has 0 fully saturated rings. The molecule has 0 bridgehead atoms. The van der Waals surface area contributed by atoms with E-state index in [-0.39, 0.29) is 6.10 Å². The summed E-state index contributed by atoms with van der Waals surface area (Å²) < 4.78 is 5.61. The van der Waals surface area contributed by atoms with E-state index in [4.69, 9.17) is 9.84 Å². The van der Waals surface area contributed by atoms with Crippen LogP contribution in [0.1, 0.15) is 20.8 Å². The minimum atomic E-state index is -0.792. The first kappa shape index (κ1) is 13.8. The number of thioether (sulfide) groups is 1. The highest BCUT2D eigenvalue weighted by Gasteiger charge is 2.14. The maximum atomic E-state index is 10.7. The predicted molar refractivity (Wildman–Crippen MR) is 67.5 cm³/mol. The van der Waals surface area contributed by atoms with E-state index >= 15 is 0 Å². The zero-order chi connectivity index (χ0) is 12.8. The van der Waals surface area contributed by atoms with Crippen LogP contribution >= 0.6 is 11.8 Å². The van der Waals surface area contributed by atoms with Gasteiger partial charge in [0, 0.05) is 11.9 Å². The van der Waals surface area contributed by atoms with Crippen LogP contribution in [0.4, 0.5) is 0 Å². The molecule has 0 aliphatic heterocycles. The topological polar surface area (TPSA) is 59.4 Å². The Hall–Kier alpha value is -1.23. The van der Waals surface area contributed by atoms with Gasteiger partial charge < -0.3 is 9.84 Å². The zero-order valence-corrected chi connectivity index (χ0v) is 11.0. The summed E-state index contributed by atoms with van der Waals surface area (Å²) in [7, 11) is 0. The van der Waals surface area contributed by atoms with E-state index in [1.807, 2.05) is 26.0 Å². The van der Waals surface area contributed by atoms with Gasteiger partial charge in [-0.05, 0) is 26.0 Å². The second kappa shape index (κ2) is 6.49. The average molecular weight is 255 g/mol. The number of nitrogens with zero attached hydrogens (tertiary/aromatic N) is 1. The minimum absolute atomic E-state index is 0.0791. The van der Waals surface area contributed by atoms with E-state index in [1.54, 1.807) is 13.1 Å². The van der Waals surface area contributed by atoms with Crippen LogP contribution in [0.5, 0.6) is 5.75 Å². The van der Waals surface area contributed by atoms with Crippen molar-refractivity contribution in [2.24, 2.45) is 5.92 Å². The lowest BCUT2D eigenvalue weighted by molar-refractivity contribution is -0.140. The molecule has 1 rings (SSSR count). The van der Waals surface area contributed by atoms with Gasteiger partial charge in [-0.2, -0.15) is 0 Å². The summed E-state index contributed by atoms with van der Waals surface area (Å²) in [6.45, 7) is 5.57. The standard InChI is InChI=1S/C12H17NO3S/c1-8(2)16-10-5-4-6-13-11(10)17-7-9(3)12(14)15/h4-6,8-9H,7H2,1-3H3,(H,14,15). The number of aromatic nitrogens is 1. The van der Waals surface area contributed by atoms with Gasteiger partial charge in [0.15, 0.2) is 5.75 Å². The highest BCUT2D eigenvalue weighted by atomic mass is 32.2. The van der Waals surface area contributed by atoms with Gasteiger partial charge in [-0.25, -0.2) is 4.98 Å². The molecule has 0 saturated carbocycles. The SMILES string of the molecule is CC(C)Oc1cccnc1SCC(C)C(=O)O. The number of carbonyl (C=O) groups is 1. The lowest BCUT2D eigenvalue weighted by Crippen LogP contribution is -2.12. The lowest BCUT2D eigenvalue weighted by atomic mass is 10.2. The number of hydrogen-bond acceptors (Lipinski definition) is 4. The van der Waals surface area contributed by atoms with E-state index in [0.29, 0.717) is 11.5 Å². The lowest BCUT2D eigenvalue weighted by Gasteiger charge is -2.13. The van der Waals surface area contributed by atoms with Crippen molar-refractivity contribution in [3.63, 3.8) is 0 Å². The van der Waals surface area contributed by atoms with E-state index in [9.17, 15) is 4.79 Å². The van der Waals surface area contributed by atoms with Gasteiger partial charge in [0.25, 0.3) is 0 Å². The molecule has 1 aromatic rings. The van der Waals surface area contributed by atoms with Gasteiger partial charge in [0.05, 0.1) is 12.0 Å². The molecule has 1 atom stereocenters. The number of ether oxygens (including phenoxy) is 1. The summed E-state index contributed by atoms with van der Waals surface area (Å²) in [6.07, 6.45) is 1.76. The molecule has 1 N–H and O–H groups in total. The first-order valence-electron chi connectivity index (χ1n) is 5.48. The fraction of sp³-hybridized carbons (Fsp3) is 0.500. The van der Waals surface area contributed by atoms with Gasteiger partial charge in [0.1, 0.15) is 5.03 Å². The molecule has 94 valence electrons. The van der Waals surface area contributed by atoms with E-state index in [2.05, 4.69) is 4.98 Å².